The van der Waals surface area contributed by atoms with Crippen molar-refractivity contribution in [3.63, 3.8) is 0 Å². The molecule has 0 saturated carbocycles. The summed E-state index contributed by atoms with van der Waals surface area (Å²) in [4.78, 5) is 23.5. The zero-order valence-electron chi connectivity index (χ0n) is 17.3. The summed E-state index contributed by atoms with van der Waals surface area (Å²) in [7, 11) is 0. The molecule has 1 aromatic heterocycles. The van der Waals surface area contributed by atoms with Gasteiger partial charge in [-0.15, -0.1) is 0 Å². The average Bonchev–Trinajstić information content (AvgIpc) is 2.80. The molecule has 2 amide bonds. The van der Waals surface area contributed by atoms with Gasteiger partial charge in [0.05, 0.1) is 10.7 Å². The Morgan fingerprint density at radius 2 is 1.70 bits per heavy atom. The maximum absolute atomic E-state index is 12.7. The van der Waals surface area contributed by atoms with Crippen LogP contribution in [0.5, 0.6) is 0 Å². The van der Waals surface area contributed by atoms with Gasteiger partial charge in [0.15, 0.2) is 0 Å². The van der Waals surface area contributed by atoms with E-state index in [9.17, 15) is 4.79 Å². The number of carbonyl (C=O) groups is 1. The quantitative estimate of drug-likeness (QED) is 0.795. The Balaban J connectivity index is 1.17. The smallest absolute Gasteiger partial charge is 0.317 e. The van der Waals surface area contributed by atoms with Crippen LogP contribution in [-0.4, -0.2) is 72.7 Å². The highest BCUT2D eigenvalue weighted by Gasteiger charge is 2.26. The van der Waals surface area contributed by atoms with Crippen LogP contribution >= 0.6 is 11.6 Å². The molecular formula is C23H30ClN5O. The van der Waals surface area contributed by atoms with Gasteiger partial charge in [-0.2, -0.15) is 0 Å². The third-order valence-corrected chi connectivity index (χ3v) is 6.46. The van der Waals surface area contributed by atoms with Crippen LogP contribution in [-0.2, 0) is 6.42 Å². The summed E-state index contributed by atoms with van der Waals surface area (Å²) < 4.78 is 0. The number of nitrogens with one attached hydrogen (secondary N) is 1. The number of para-hydroxylation sites is 1. The van der Waals surface area contributed by atoms with Crippen LogP contribution in [0.4, 0.5) is 10.5 Å². The molecule has 0 spiro atoms. The van der Waals surface area contributed by atoms with Gasteiger partial charge in [-0.3, -0.25) is 4.98 Å². The molecule has 1 aromatic carbocycles. The van der Waals surface area contributed by atoms with Crippen molar-refractivity contribution >= 4 is 23.3 Å². The van der Waals surface area contributed by atoms with Gasteiger partial charge in [-0.25, -0.2) is 4.79 Å². The fourth-order valence-electron chi connectivity index (χ4n) is 4.26. The number of pyridine rings is 1. The Hall–Kier alpha value is -2.31. The number of hydrogen-bond donors (Lipinski definition) is 1. The zero-order valence-corrected chi connectivity index (χ0v) is 18.1. The minimum absolute atomic E-state index is 0.0732. The van der Waals surface area contributed by atoms with Gasteiger partial charge in [-0.1, -0.05) is 23.7 Å². The van der Waals surface area contributed by atoms with Gasteiger partial charge in [0.25, 0.3) is 0 Å². The number of carbonyl (C=O) groups excluding carboxylic acids is 1. The van der Waals surface area contributed by atoms with Crippen molar-refractivity contribution in [3.8, 4) is 0 Å². The van der Waals surface area contributed by atoms with Crippen LogP contribution in [0.1, 0.15) is 18.4 Å². The number of aromatic nitrogens is 1. The summed E-state index contributed by atoms with van der Waals surface area (Å²) >= 11 is 6.31. The van der Waals surface area contributed by atoms with Crippen LogP contribution in [0.2, 0.25) is 5.02 Å². The summed E-state index contributed by atoms with van der Waals surface area (Å²) in [5.74, 6) is 0. The molecule has 2 saturated heterocycles. The van der Waals surface area contributed by atoms with E-state index in [-0.39, 0.29) is 12.1 Å². The van der Waals surface area contributed by atoms with Crippen molar-refractivity contribution in [2.75, 3.05) is 50.7 Å². The van der Waals surface area contributed by atoms with Crippen LogP contribution in [0.25, 0.3) is 0 Å². The number of halogens is 1. The number of likely N-dealkylation sites (tertiary alicyclic amines) is 1. The maximum Gasteiger partial charge on any atom is 0.317 e. The fraction of sp³-hybridized carbons (Fsp3) is 0.478. The van der Waals surface area contributed by atoms with Crippen molar-refractivity contribution in [2.24, 2.45) is 0 Å². The first-order valence-corrected chi connectivity index (χ1v) is 11.2. The third-order valence-electron chi connectivity index (χ3n) is 6.14. The molecule has 160 valence electrons. The second kappa shape index (κ2) is 10.1. The van der Waals surface area contributed by atoms with E-state index in [0.717, 1.165) is 75.8 Å². The van der Waals surface area contributed by atoms with Crippen molar-refractivity contribution < 1.29 is 4.79 Å². The Morgan fingerprint density at radius 3 is 2.40 bits per heavy atom. The van der Waals surface area contributed by atoms with E-state index in [1.54, 1.807) is 0 Å². The molecule has 0 unspecified atom stereocenters. The van der Waals surface area contributed by atoms with Crippen LogP contribution in [0.3, 0.4) is 0 Å². The molecule has 6 nitrogen and oxygen atoms in total. The number of anilines is 1. The molecule has 0 atom stereocenters. The van der Waals surface area contributed by atoms with Gasteiger partial charge in [0, 0.05) is 64.2 Å². The highest BCUT2D eigenvalue weighted by Crippen LogP contribution is 2.26. The lowest BCUT2D eigenvalue weighted by Gasteiger charge is -2.38. The molecule has 1 N–H and O–H groups in total. The number of piperazine rings is 1. The highest BCUT2D eigenvalue weighted by molar-refractivity contribution is 6.33. The standard InChI is InChI=1S/C23H30ClN5O/c24-21-3-1-2-4-22(21)28-15-17-29(18-16-28)23(30)26-20-8-13-27(14-9-20)12-7-19-5-10-25-11-6-19/h1-6,10-11,20H,7-9,12-18H2,(H,26,30). The van der Waals surface area contributed by atoms with E-state index in [1.165, 1.54) is 5.56 Å². The van der Waals surface area contributed by atoms with Crippen LogP contribution in [0.15, 0.2) is 48.8 Å². The number of nitrogens with zero attached hydrogens (tertiary/aromatic N) is 4. The van der Waals surface area contributed by atoms with Crippen molar-refractivity contribution in [3.05, 3.63) is 59.4 Å². The molecule has 3 heterocycles. The number of piperidine rings is 1. The van der Waals surface area contributed by atoms with E-state index in [1.807, 2.05) is 41.6 Å². The summed E-state index contributed by atoms with van der Waals surface area (Å²) in [5.41, 5.74) is 2.38. The zero-order chi connectivity index (χ0) is 20.8. The number of urea groups is 1. The highest BCUT2D eigenvalue weighted by atomic mass is 35.5. The Bertz CT molecular complexity index is 817. The van der Waals surface area contributed by atoms with E-state index in [2.05, 4.69) is 32.2 Å². The molecule has 30 heavy (non-hydrogen) atoms. The van der Waals surface area contributed by atoms with Crippen molar-refractivity contribution in [1.29, 1.82) is 0 Å². The second-order valence-electron chi connectivity index (χ2n) is 8.10. The Kier molecular flexibility index (Phi) is 7.07. The Labute approximate surface area is 183 Å². The molecule has 2 fully saturated rings. The van der Waals surface area contributed by atoms with Crippen LogP contribution < -0.4 is 10.2 Å². The Morgan fingerprint density at radius 1 is 1.00 bits per heavy atom. The van der Waals surface area contributed by atoms with Gasteiger partial charge in [-0.05, 0) is 49.1 Å². The molecule has 0 aliphatic carbocycles. The van der Waals surface area contributed by atoms with Gasteiger partial charge in [0.2, 0.25) is 0 Å². The number of hydrogen-bond acceptors (Lipinski definition) is 4. The van der Waals surface area contributed by atoms with Gasteiger partial charge in [0.1, 0.15) is 0 Å². The maximum atomic E-state index is 12.7. The SMILES string of the molecule is O=C(NC1CCN(CCc2ccncc2)CC1)N1CCN(c2ccccc2Cl)CC1. The monoisotopic (exact) mass is 427 g/mol. The molecule has 7 heteroatoms. The van der Waals surface area contributed by atoms with Gasteiger partial charge >= 0.3 is 6.03 Å². The number of benzene rings is 1. The summed E-state index contributed by atoms with van der Waals surface area (Å²) in [6.45, 7) is 6.21. The lowest BCUT2D eigenvalue weighted by Crippen LogP contribution is -2.55. The molecule has 0 bridgehead atoms. The van der Waals surface area contributed by atoms with Crippen LogP contribution in [0, 0.1) is 0 Å². The summed E-state index contributed by atoms with van der Waals surface area (Å²) in [6, 6.07) is 12.4. The molecule has 2 aliphatic rings. The number of rotatable bonds is 5. The predicted octanol–water partition coefficient (Wildman–Crippen LogP) is 3.27. The topological polar surface area (TPSA) is 51.7 Å². The molecule has 0 radical (unpaired) electrons. The molecule has 2 aliphatic heterocycles. The van der Waals surface area contributed by atoms with E-state index in [4.69, 9.17) is 11.6 Å². The first-order chi connectivity index (χ1) is 14.7. The minimum atomic E-state index is 0.0732. The van der Waals surface area contributed by atoms with Crippen molar-refractivity contribution in [2.45, 2.75) is 25.3 Å². The lowest BCUT2D eigenvalue weighted by molar-refractivity contribution is 0.170. The lowest BCUT2D eigenvalue weighted by atomic mass is 10.0. The average molecular weight is 428 g/mol. The molecule has 4 rings (SSSR count). The normalized spacial score (nSPS) is 18.4. The number of amides is 2. The summed E-state index contributed by atoms with van der Waals surface area (Å²) in [6.07, 6.45) is 6.79. The molecule has 2 aromatic rings. The van der Waals surface area contributed by atoms with E-state index < -0.39 is 0 Å². The van der Waals surface area contributed by atoms with Gasteiger partial charge < -0.3 is 20.0 Å². The first kappa shape index (κ1) is 20.9. The third kappa shape index (κ3) is 5.43. The predicted molar refractivity (Wildman–Crippen MR) is 121 cm³/mol. The minimum Gasteiger partial charge on any atom is -0.367 e. The second-order valence-corrected chi connectivity index (χ2v) is 8.50. The largest absolute Gasteiger partial charge is 0.367 e. The van der Waals surface area contributed by atoms with E-state index in [0.29, 0.717) is 0 Å². The first-order valence-electron chi connectivity index (χ1n) is 10.9. The van der Waals surface area contributed by atoms with Crippen molar-refractivity contribution in [1.82, 2.24) is 20.1 Å². The molecular weight excluding hydrogens is 398 g/mol. The van der Waals surface area contributed by atoms with E-state index >= 15 is 0 Å². The summed E-state index contributed by atoms with van der Waals surface area (Å²) in [5, 5.41) is 4.03. The fourth-order valence-corrected chi connectivity index (χ4v) is 4.52.